The van der Waals surface area contributed by atoms with Gasteiger partial charge < -0.3 is 19.5 Å². The smallest absolute Gasteiger partial charge is 0.238 e. The second-order valence-corrected chi connectivity index (χ2v) is 5.57. The molecule has 1 fully saturated rings. The average Bonchev–Trinajstić information content (AvgIpc) is 2.46. The number of nitrogens with zero attached hydrogens (tertiary/aromatic N) is 1. The van der Waals surface area contributed by atoms with Gasteiger partial charge in [0, 0.05) is 19.2 Å². The molecule has 1 N–H and O–H groups in total. The van der Waals surface area contributed by atoms with Crippen molar-refractivity contribution < 1.29 is 19.0 Å². The van der Waals surface area contributed by atoms with Crippen LogP contribution in [-0.2, 0) is 9.53 Å². The molecule has 0 radical (unpaired) electrons. The Hall–Kier alpha value is -1.79. The molecule has 6 nitrogen and oxygen atoms in total. The molecule has 22 heavy (non-hydrogen) atoms. The van der Waals surface area contributed by atoms with Gasteiger partial charge in [0.1, 0.15) is 11.5 Å². The van der Waals surface area contributed by atoms with Gasteiger partial charge in [-0.3, -0.25) is 9.69 Å². The van der Waals surface area contributed by atoms with Crippen molar-refractivity contribution >= 4 is 11.6 Å². The number of benzene rings is 1. The fourth-order valence-electron chi connectivity index (χ4n) is 2.71. The van der Waals surface area contributed by atoms with Crippen LogP contribution in [0.2, 0.25) is 0 Å². The van der Waals surface area contributed by atoms with Crippen LogP contribution < -0.4 is 14.8 Å². The zero-order chi connectivity index (χ0) is 16.1. The van der Waals surface area contributed by atoms with Gasteiger partial charge in [0.25, 0.3) is 0 Å². The van der Waals surface area contributed by atoms with E-state index in [9.17, 15) is 4.79 Å². The van der Waals surface area contributed by atoms with Crippen LogP contribution in [0.5, 0.6) is 11.5 Å². The first kappa shape index (κ1) is 16.6. The van der Waals surface area contributed by atoms with E-state index in [0.29, 0.717) is 23.7 Å². The molecular weight excluding hydrogens is 284 g/mol. The van der Waals surface area contributed by atoms with E-state index >= 15 is 0 Å². The fourth-order valence-corrected chi connectivity index (χ4v) is 2.71. The molecule has 2 atom stereocenters. The maximum atomic E-state index is 12.2. The molecule has 1 aliphatic rings. The van der Waals surface area contributed by atoms with Gasteiger partial charge in [-0.1, -0.05) is 0 Å². The predicted octanol–water partition coefficient (Wildman–Crippen LogP) is 1.75. The van der Waals surface area contributed by atoms with E-state index in [2.05, 4.69) is 10.2 Å². The van der Waals surface area contributed by atoms with Gasteiger partial charge in [-0.05, 0) is 26.0 Å². The first-order chi connectivity index (χ1) is 10.5. The zero-order valence-electron chi connectivity index (χ0n) is 13.6. The number of hydrogen-bond acceptors (Lipinski definition) is 5. The van der Waals surface area contributed by atoms with E-state index in [1.165, 1.54) is 0 Å². The molecule has 0 spiro atoms. The molecule has 122 valence electrons. The van der Waals surface area contributed by atoms with Gasteiger partial charge in [-0.25, -0.2) is 0 Å². The van der Waals surface area contributed by atoms with E-state index < -0.39 is 0 Å². The summed E-state index contributed by atoms with van der Waals surface area (Å²) in [7, 11) is 3.16. The molecule has 0 saturated carbocycles. The molecule has 0 aliphatic carbocycles. The highest BCUT2D eigenvalue weighted by Gasteiger charge is 2.23. The number of carbonyl (C=O) groups excluding carboxylic acids is 1. The number of morpholine rings is 1. The lowest BCUT2D eigenvalue weighted by Gasteiger charge is -2.34. The highest BCUT2D eigenvalue weighted by Crippen LogP contribution is 2.29. The largest absolute Gasteiger partial charge is 0.497 e. The highest BCUT2D eigenvalue weighted by atomic mass is 16.5. The van der Waals surface area contributed by atoms with Crippen LogP contribution in [0, 0.1) is 0 Å². The first-order valence-corrected chi connectivity index (χ1v) is 7.41. The SMILES string of the molecule is COc1ccc(NC(=O)CN2C[C@H](C)O[C@@H](C)C2)c(OC)c1. The second kappa shape index (κ2) is 7.47. The van der Waals surface area contributed by atoms with Crippen LogP contribution in [-0.4, -0.2) is 56.9 Å². The van der Waals surface area contributed by atoms with Gasteiger partial charge in [0.15, 0.2) is 0 Å². The van der Waals surface area contributed by atoms with Crippen molar-refractivity contribution in [2.24, 2.45) is 0 Å². The summed E-state index contributed by atoms with van der Waals surface area (Å²) in [6.07, 6.45) is 0.291. The number of carbonyl (C=O) groups is 1. The van der Waals surface area contributed by atoms with Gasteiger partial charge >= 0.3 is 0 Å². The van der Waals surface area contributed by atoms with Crippen molar-refractivity contribution in [1.82, 2.24) is 4.90 Å². The Balaban J connectivity index is 1.97. The van der Waals surface area contributed by atoms with Crippen LogP contribution in [0.3, 0.4) is 0 Å². The summed E-state index contributed by atoms with van der Waals surface area (Å²) >= 11 is 0. The Bertz CT molecular complexity index is 511. The molecule has 1 aromatic carbocycles. The van der Waals surface area contributed by atoms with Crippen molar-refractivity contribution in [3.63, 3.8) is 0 Å². The Morgan fingerprint density at radius 3 is 2.55 bits per heavy atom. The molecule has 1 aliphatic heterocycles. The summed E-state index contributed by atoms with van der Waals surface area (Å²) in [5.41, 5.74) is 0.641. The average molecular weight is 308 g/mol. The van der Waals surface area contributed by atoms with E-state index in [4.69, 9.17) is 14.2 Å². The minimum atomic E-state index is -0.0650. The molecular formula is C16H24N2O4. The third-order valence-corrected chi connectivity index (χ3v) is 3.55. The maximum absolute atomic E-state index is 12.2. The topological polar surface area (TPSA) is 60.0 Å². The fraction of sp³-hybridized carbons (Fsp3) is 0.562. The number of anilines is 1. The van der Waals surface area contributed by atoms with Gasteiger partial charge in [-0.2, -0.15) is 0 Å². The lowest BCUT2D eigenvalue weighted by Crippen LogP contribution is -2.48. The predicted molar refractivity (Wildman–Crippen MR) is 84.6 cm³/mol. The van der Waals surface area contributed by atoms with Gasteiger partial charge in [-0.15, -0.1) is 0 Å². The Morgan fingerprint density at radius 2 is 1.95 bits per heavy atom. The summed E-state index contributed by atoms with van der Waals surface area (Å²) in [6, 6.07) is 5.31. The Kier molecular flexibility index (Phi) is 5.63. The second-order valence-electron chi connectivity index (χ2n) is 5.57. The summed E-state index contributed by atoms with van der Waals surface area (Å²) in [5.74, 6) is 1.20. The monoisotopic (exact) mass is 308 g/mol. The van der Waals surface area contributed by atoms with Crippen LogP contribution in [0.15, 0.2) is 18.2 Å². The summed E-state index contributed by atoms with van der Waals surface area (Å²) in [4.78, 5) is 14.3. The number of hydrogen-bond donors (Lipinski definition) is 1. The van der Waals surface area contributed by atoms with Crippen molar-refractivity contribution in [2.75, 3.05) is 39.2 Å². The summed E-state index contributed by atoms with van der Waals surface area (Å²) in [6.45, 7) is 5.91. The van der Waals surface area contributed by atoms with Crippen molar-refractivity contribution in [2.45, 2.75) is 26.1 Å². The molecule has 1 aromatic rings. The third kappa shape index (κ3) is 4.35. The van der Waals surface area contributed by atoms with Crippen LogP contribution in [0.25, 0.3) is 0 Å². The van der Waals surface area contributed by atoms with Gasteiger partial charge in [0.2, 0.25) is 5.91 Å². The Labute approximate surface area is 131 Å². The maximum Gasteiger partial charge on any atom is 0.238 e. The van der Waals surface area contributed by atoms with E-state index in [1.54, 1.807) is 32.4 Å². The number of amides is 1. The molecule has 1 heterocycles. The molecule has 2 rings (SSSR count). The summed E-state index contributed by atoms with van der Waals surface area (Å²) < 4.78 is 16.1. The molecule has 1 saturated heterocycles. The Morgan fingerprint density at radius 1 is 1.27 bits per heavy atom. The van der Waals surface area contributed by atoms with Crippen LogP contribution >= 0.6 is 0 Å². The van der Waals surface area contributed by atoms with E-state index in [1.807, 2.05) is 13.8 Å². The molecule has 0 unspecified atom stereocenters. The quantitative estimate of drug-likeness (QED) is 0.898. The zero-order valence-corrected chi connectivity index (χ0v) is 13.6. The van der Waals surface area contributed by atoms with Gasteiger partial charge in [0.05, 0.1) is 38.7 Å². The minimum Gasteiger partial charge on any atom is -0.497 e. The summed E-state index contributed by atoms with van der Waals surface area (Å²) in [5, 5.41) is 2.89. The molecule has 0 aromatic heterocycles. The number of rotatable bonds is 5. The molecule has 6 heteroatoms. The lowest BCUT2D eigenvalue weighted by molar-refractivity contribution is -0.121. The van der Waals surface area contributed by atoms with Crippen molar-refractivity contribution in [3.05, 3.63) is 18.2 Å². The van der Waals surface area contributed by atoms with E-state index in [-0.39, 0.29) is 18.1 Å². The lowest BCUT2D eigenvalue weighted by atomic mass is 10.2. The minimum absolute atomic E-state index is 0.0650. The standard InChI is InChI=1S/C16H24N2O4/c1-11-8-18(9-12(2)22-11)10-16(19)17-14-6-5-13(20-3)7-15(14)21-4/h5-7,11-12H,8-10H2,1-4H3,(H,17,19)/t11-,12-/m0/s1. The highest BCUT2D eigenvalue weighted by molar-refractivity contribution is 5.93. The normalized spacial score (nSPS) is 22.2. The van der Waals surface area contributed by atoms with E-state index in [0.717, 1.165) is 13.1 Å². The van der Waals surface area contributed by atoms with Crippen molar-refractivity contribution in [3.8, 4) is 11.5 Å². The molecule has 1 amide bonds. The first-order valence-electron chi connectivity index (χ1n) is 7.41. The van der Waals surface area contributed by atoms with Crippen LogP contribution in [0.4, 0.5) is 5.69 Å². The number of methoxy groups -OCH3 is 2. The third-order valence-electron chi connectivity index (χ3n) is 3.55. The number of ether oxygens (including phenoxy) is 3. The van der Waals surface area contributed by atoms with Crippen LogP contribution in [0.1, 0.15) is 13.8 Å². The van der Waals surface area contributed by atoms with Crippen molar-refractivity contribution in [1.29, 1.82) is 0 Å². The molecule has 0 bridgehead atoms. The number of nitrogens with one attached hydrogen (secondary N) is 1.